The summed E-state index contributed by atoms with van der Waals surface area (Å²) in [6.07, 6.45) is -1.56. The molecule has 0 aliphatic carbocycles. The summed E-state index contributed by atoms with van der Waals surface area (Å²) in [5.41, 5.74) is 4.99. The minimum absolute atomic E-state index is 0.190. The molecular formula is C6H9F3N2O. The van der Waals surface area contributed by atoms with Gasteiger partial charge in [0.15, 0.2) is 5.83 Å². The van der Waals surface area contributed by atoms with Crippen molar-refractivity contribution in [3.8, 4) is 0 Å². The van der Waals surface area contributed by atoms with Gasteiger partial charge in [-0.25, -0.2) is 4.39 Å². The number of nitrogens with zero attached hydrogens (tertiary/aromatic N) is 1. The zero-order chi connectivity index (χ0) is 9.40. The van der Waals surface area contributed by atoms with Crippen molar-refractivity contribution >= 4 is 6.21 Å². The van der Waals surface area contributed by atoms with Crippen LogP contribution in [0.1, 0.15) is 6.42 Å². The lowest BCUT2D eigenvalue weighted by Gasteiger charge is -1.95. The van der Waals surface area contributed by atoms with Crippen molar-refractivity contribution in [3.05, 3.63) is 11.9 Å². The molecule has 0 fully saturated rings. The van der Waals surface area contributed by atoms with Gasteiger partial charge in [-0.3, -0.25) is 0 Å². The minimum Gasteiger partial charge on any atom is -0.396 e. The highest BCUT2D eigenvalue weighted by atomic mass is 19.3. The number of hydrogen-bond acceptors (Lipinski definition) is 3. The molecule has 0 heterocycles. The SMILES string of the molecule is NC/C=N/OCCC(F)=C(F)F. The molecule has 0 saturated carbocycles. The fourth-order valence-corrected chi connectivity index (χ4v) is 0.378. The lowest BCUT2D eigenvalue weighted by molar-refractivity contribution is 0.142. The lowest BCUT2D eigenvalue weighted by atomic mass is 10.4. The largest absolute Gasteiger partial charge is 0.396 e. The molecule has 0 radical (unpaired) electrons. The Labute approximate surface area is 67.7 Å². The molecule has 6 heteroatoms. The molecule has 0 saturated heterocycles. The first-order chi connectivity index (χ1) is 5.68. The smallest absolute Gasteiger partial charge is 0.301 e. The molecule has 0 bridgehead atoms. The summed E-state index contributed by atoms with van der Waals surface area (Å²) in [5, 5.41) is 3.24. The second-order valence-corrected chi connectivity index (χ2v) is 1.77. The third-order valence-corrected chi connectivity index (χ3v) is 0.872. The van der Waals surface area contributed by atoms with Gasteiger partial charge in [0.25, 0.3) is 0 Å². The van der Waals surface area contributed by atoms with E-state index in [1.54, 1.807) is 0 Å². The Kier molecular flexibility index (Phi) is 6.08. The van der Waals surface area contributed by atoms with E-state index in [4.69, 9.17) is 5.73 Å². The first-order valence-corrected chi connectivity index (χ1v) is 3.22. The molecule has 70 valence electrons. The van der Waals surface area contributed by atoms with Crippen LogP contribution in [0.2, 0.25) is 0 Å². The first-order valence-electron chi connectivity index (χ1n) is 3.22. The van der Waals surface area contributed by atoms with Crippen molar-refractivity contribution < 1.29 is 18.0 Å². The van der Waals surface area contributed by atoms with E-state index in [1.807, 2.05) is 0 Å². The van der Waals surface area contributed by atoms with E-state index in [2.05, 4.69) is 9.99 Å². The van der Waals surface area contributed by atoms with Gasteiger partial charge in [-0.2, -0.15) is 8.78 Å². The molecule has 0 atom stereocenters. The molecule has 0 aliphatic heterocycles. The van der Waals surface area contributed by atoms with Gasteiger partial charge < -0.3 is 10.6 Å². The molecule has 0 aromatic heterocycles. The summed E-state index contributed by atoms with van der Waals surface area (Å²) >= 11 is 0. The van der Waals surface area contributed by atoms with Crippen LogP contribution < -0.4 is 5.73 Å². The highest BCUT2D eigenvalue weighted by Crippen LogP contribution is 2.12. The molecule has 0 spiro atoms. The third-order valence-electron chi connectivity index (χ3n) is 0.872. The predicted molar refractivity (Wildman–Crippen MR) is 38.5 cm³/mol. The Morgan fingerprint density at radius 2 is 2.08 bits per heavy atom. The second-order valence-electron chi connectivity index (χ2n) is 1.77. The van der Waals surface area contributed by atoms with Crippen molar-refractivity contribution in [2.24, 2.45) is 10.9 Å². The standard InChI is InChI=1S/C6H9F3N2O/c7-5(6(8)9)1-4-12-11-3-2-10/h3H,1-2,4,10H2/b11-3+. The highest BCUT2D eigenvalue weighted by molar-refractivity contribution is 5.58. The summed E-state index contributed by atoms with van der Waals surface area (Å²) in [6, 6.07) is 0. The second kappa shape index (κ2) is 6.66. The minimum atomic E-state index is -2.32. The summed E-state index contributed by atoms with van der Waals surface area (Å²) in [4.78, 5) is 4.38. The summed E-state index contributed by atoms with van der Waals surface area (Å²) in [6.45, 7) is -0.0323. The van der Waals surface area contributed by atoms with Gasteiger partial charge >= 0.3 is 6.08 Å². The maximum absolute atomic E-state index is 12.0. The molecular weight excluding hydrogens is 173 g/mol. The average Bonchev–Trinajstić information content (AvgIpc) is 2.03. The summed E-state index contributed by atoms with van der Waals surface area (Å²) in [5.74, 6) is -1.47. The van der Waals surface area contributed by atoms with Gasteiger partial charge in [0, 0.05) is 13.0 Å². The Hall–Kier alpha value is -1.04. The molecule has 2 N–H and O–H groups in total. The van der Waals surface area contributed by atoms with Crippen LogP contribution in [0, 0.1) is 0 Å². The highest BCUT2D eigenvalue weighted by Gasteiger charge is 2.03. The topological polar surface area (TPSA) is 47.6 Å². The Morgan fingerprint density at radius 3 is 2.58 bits per heavy atom. The average molecular weight is 182 g/mol. The molecule has 0 aromatic rings. The molecule has 0 amide bonds. The van der Waals surface area contributed by atoms with Crippen LogP contribution in [-0.2, 0) is 4.84 Å². The molecule has 0 unspecified atom stereocenters. The van der Waals surface area contributed by atoms with Gasteiger partial charge in [0.2, 0.25) is 0 Å². The Bertz CT molecular complexity index is 178. The monoisotopic (exact) mass is 182 g/mol. The van der Waals surface area contributed by atoms with E-state index in [0.717, 1.165) is 0 Å². The quantitative estimate of drug-likeness (QED) is 0.397. The molecule has 12 heavy (non-hydrogen) atoms. The number of oxime groups is 1. The van der Waals surface area contributed by atoms with Crippen LogP contribution in [0.3, 0.4) is 0 Å². The van der Waals surface area contributed by atoms with Crippen LogP contribution in [0.15, 0.2) is 17.1 Å². The van der Waals surface area contributed by atoms with Crippen molar-refractivity contribution in [1.82, 2.24) is 0 Å². The van der Waals surface area contributed by atoms with E-state index >= 15 is 0 Å². The van der Waals surface area contributed by atoms with E-state index < -0.39 is 18.3 Å². The molecule has 0 aromatic carbocycles. The Balaban J connectivity index is 3.44. The normalized spacial score (nSPS) is 10.3. The number of hydrogen-bond donors (Lipinski definition) is 1. The van der Waals surface area contributed by atoms with Crippen LogP contribution in [0.25, 0.3) is 0 Å². The van der Waals surface area contributed by atoms with Crippen molar-refractivity contribution in [3.63, 3.8) is 0 Å². The summed E-state index contributed by atoms with van der Waals surface area (Å²) in [7, 11) is 0. The van der Waals surface area contributed by atoms with Gasteiger partial charge in [-0.1, -0.05) is 5.16 Å². The van der Waals surface area contributed by atoms with Crippen molar-refractivity contribution in [2.45, 2.75) is 6.42 Å². The zero-order valence-corrected chi connectivity index (χ0v) is 6.27. The molecule has 0 aliphatic rings. The van der Waals surface area contributed by atoms with Crippen LogP contribution in [-0.4, -0.2) is 19.4 Å². The summed E-state index contributed by atoms with van der Waals surface area (Å²) < 4.78 is 34.8. The van der Waals surface area contributed by atoms with Crippen molar-refractivity contribution in [2.75, 3.05) is 13.2 Å². The van der Waals surface area contributed by atoms with Crippen LogP contribution in [0.5, 0.6) is 0 Å². The van der Waals surface area contributed by atoms with E-state index in [0.29, 0.717) is 0 Å². The fourth-order valence-electron chi connectivity index (χ4n) is 0.378. The number of nitrogens with two attached hydrogens (primary N) is 1. The third kappa shape index (κ3) is 5.72. The maximum Gasteiger partial charge on any atom is 0.301 e. The first kappa shape index (κ1) is 11.0. The lowest BCUT2D eigenvalue weighted by Crippen LogP contribution is -2.00. The van der Waals surface area contributed by atoms with Gasteiger partial charge in [-0.05, 0) is 0 Å². The maximum atomic E-state index is 12.0. The molecule has 0 rings (SSSR count). The van der Waals surface area contributed by atoms with E-state index in [-0.39, 0.29) is 13.2 Å². The van der Waals surface area contributed by atoms with E-state index in [1.165, 1.54) is 6.21 Å². The molecule has 3 nitrogen and oxygen atoms in total. The zero-order valence-electron chi connectivity index (χ0n) is 6.27. The van der Waals surface area contributed by atoms with Gasteiger partial charge in [0.1, 0.15) is 6.61 Å². The van der Waals surface area contributed by atoms with Gasteiger partial charge in [-0.15, -0.1) is 0 Å². The fraction of sp³-hybridized carbons (Fsp3) is 0.500. The van der Waals surface area contributed by atoms with Crippen molar-refractivity contribution in [1.29, 1.82) is 0 Å². The van der Waals surface area contributed by atoms with E-state index in [9.17, 15) is 13.2 Å². The number of rotatable bonds is 5. The van der Waals surface area contributed by atoms with Gasteiger partial charge in [0.05, 0.1) is 6.21 Å². The van der Waals surface area contributed by atoms with Crippen LogP contribution in [0.4, 0.5) is 13.2 Å². The Morgan fingerprint density at radius 1 is 1.42 bits per heavy atom. The number of halogens is 3. The van der Waals surface area contributed by atoms with Crippen LogP contribution >= 0.6 is 0 Å². The predicted octanol–water partition coefficient (Wildman–Crippen LogP) is 1.42.